The van der Waals surface area contributed by atoms with Gasteiger partial charge in [-0.2, -0.15) is 0 Å². The van der Waals surface area contributed by atoms with E-state index in [0.29, 0.717) is 33.7 Å². The fraction of sp³-hybridized carbons (Fsp3) is 0.222. The second kappa shape index (κ2) is 8.49. The third kappa shape index (κ3) is 4.58. The van der Waals surface area contributed by atoms with Crippen molar-refractivity contribution < 1.29 is 18.7 Å². The fourth-order valence-corrected chi connectivity index (χ4v) is 2.23. The number of esters is 1. The summed E-state index contributed by atoms with van der Waals surface area (Å²) in [5, 5.41) is 0. The maximum atomic E-state index is 11.9. The summed E-state index contributed by atoms with van der Waals surface area (Å²) < 4.78 is 17.0. The highest BCUT2D eigenvalue weighted by atomic mass is 79.9. The van der Waals surface area contributed by atoms with Crippen LogP contribution in [0, 0.1) is 6.92 Å². The van der Waals surface area contributed by atoms with Gasteiger partial charge in [0, 0.05) is 16.2 Å². The quantitative estimate of drug-likeness (QED) is 0.391. The van der Waals surface area contributed by atoms with Gasteiger partial charge in [-0.3, -0.25) is 4.98 Å². The minimum atomic E-state index is -0.424. The van der Waals surface area contributed by atoms with E-state index in [2.05, 4.69) is 27.5 Å². The molecule has 2 aromatic heterocycles. The SMILES string of the molecule is C=C(Br)/C=C(/OCc1ccccn1)c1occ(C(=O)OCC)c1C. The van der Waals surface area contributed by atoms with Crippen molar-refractivity contribution in [2.24, 2.45) is 0 Å². The molecule has 0 radical (unpaired) electrons. The van der Waals surface area contributed by atoms with Crippen LogP contribution in [0.4, 0.5) is 0 Å². The van der Waals surface area contributed by atoms with Gasteiger partial charge in [-0.1, -0.05) is 28.6 Å². The maximum absolute atomic E-state index is 11.9. The molecular formula is C18H18BrNO4. The van der Waals surface area contributed by atoms with Gasteiger partial charge in [0.05, 0.1) is 12.3 Å². The number of nitrogens with zero attached hydrogens (tertiary/aromatic N) is 1. The first kappa shape index (κ1) is 18.0. The van der Waals surface area contributed by atoms with E-state index in [1.165, 1.54) is 6.26 Å². The number of pyridine rings is 1. The number of hydrogen-bond acceptors (Lipinski definition) is 5. The number of carbonyl (C=O) groups is 1. The molecule has 0 aliphatic carbocycles. The monoisotopic (exact) mass is 391 g/mol. The molecule has 2 rings (SSSR count). The van der Waals surface area contributed by atoms with Crippen molar-refractivity contribution >= 4 is 27.7 Å². The van der Waals surface area contributed by atoms with Crippen LogP contribution >= 0.6 is 15.9 Å². The Morgan fingerprint density at radius 3 is 2.83 bits per heavy atom. The molecule has 0 fully saturated rings. The molecule has 5 nitrogen and oxygen atoms in total. The van der Waals surface area contributed by atoms with Crippen LogP contribution in [-0.4, -0.2) is 17.6 Å². The zero-order chi connectivity index (χ0) is 17.5. The van der Waals surface area contributed by atoms with E-state index in [4.69, 9.17) is 13.9 Å². The summed E-state index contributed by atoms with van der Waals surface area (Å²) in [6, 6.07) is 5.58. The summed E-state index contributed by atoms with van der Waals surface area (Å²) in [7, 11) is 0. The summed E-state index contributed by atoms with van der Waals surface area (Å²) in [6.07, 6.45) is 4.75. The Bertz CT molecular complexity index is 750. The molecule has 0 bridgehead atoms. The highest BCUT2D eigenvalue weighted by molar-refractivity contribution is 9.11. The maximum Gasteiger partial charge on any atom is 0.341 e. The molecule has 24 heavy (non-hydrogen) atoms. The standard InChI is InChI=1S/C18H18BrNO4/c1-4-22-18(21)15-11-24-17(13(15)3)16(9-12(2)19)23-10-14-7-5-6-8-20-14/h5-9,11H,2,4,10H2,1,3H3/b16-9+. The van der Waals surface area contributed by atoms with Crippen LogP contribution in [0.15, 0.2) is 52.2 Å². The largest absolute Gasteiger partial charge is 0.483 e. The smallest absolute Gasteiger partial charge is 0.341 e. The topological polar surface area (TPSA) is 61.6 Å². The van der Waals surface area contributed by atoms with Crippen molar-refractivity contribution in [1.82, 2.24) is 4.98 Å². The summed E-state index contributed by atoms with van der Waals surface area (Å²) >= 11 is 3.28. The average Bonchev–Trinajstić information content (AvgIpc) is 2.94. The van der Waals surface area contributed by atoms with Gasteiger partial charge >= 0.3 is 5.97 Å². The third-order valence-electron chi connectivity index (χ3n) is 3.15. The van der Waals surface area contributed by atoms with Gasteiger partial charge in [0.2, 0.25) is 0 Å². The van der Waals surface area contributed by atoms with E-state index in [1.807, 2.05) is 18.2 Å². The minimum absolute atomic E-state index is 0.266. The molecule has 126 valence electrons. The van der Waals surface area contributed by atoms with Gasteiger partial charge in [0.1, 0.15) is 18.4 Å². The predicted octanol–water partition coefficient (Wildman–Crippen LogP) is 4.63. The predicted molar refractivity (Wildman–Crippen MR) is 94.5 cm³/mol. The highest BCUT2D eigenvalue weighted by Gasteiger charge is 2.21. The van der Waals surface area contributed by atoms with Crippen LogP contribution < -0.4 is 0 Å². The highest BCUT2D eigenvalue weighted by Crippen LogP contribution is 2.28. The number of rotatable bonds is 7. The van der Waals surface area contributed by atoms with Crippen molar-refractivity contribution in [2.45, 2.75) is 20.5 Å². The fourth-order valence-electron chi connectivity index (χ4n) is 2.02. The summed E-state index contributed by atoms with van der Waals surface area (Å²) in [5.74, 6) is 0.483. The number of allylic oxidation sites excluding steroid dienone is 2. The van der Waals surface area contributed by atoms with Crippen molar-refractivity contribution in [2.75, 3.05) is 6.61 Å². The van der Waals surface area contributed by atoms with Gasteiger partial charge in [0.15, 0.2) is 11.5 Å². The van der Waals surface area contributed by atoms with Crippen molar-refractivity contribution in [1.29, 1.82) is 0 Å². The lowest BCUT2D eigenvalue weighted by atomic mass is 10.1. The summed E-state index contributed by atoms with van der Waals surface area (Å²) in [6.45, 7) is 7.89. The van der Waals surface area contributed by atoms with Crippen molar-refractivity contribution in [3.8, 4) is 0 Å². The lowest BCUT2D eigenvalue weighted by molar-refractivity contribution is 0.0525. The van der Waals surface area contributed by atoms with E-state index in [-0.39, 0.29) is 6.61 Å². The second-order valence-electron chi connectivity index (χ2n) is 4.89. The van der Waals surface area contributed by atoms with E-state index < -0.39 is 5.97 Å². The average molecular weight is 392 g/mol. The van der Waals surface area contributed by atoms with Gasteiger partial charge < -0.3 is 13.9 Å². The first-order valence-electron chi connectivity index (χ1n) is 7.37. The van der Waals surface area contributed by atoms with E-state index in [1.54, 1.807) is 26.1 Å². The molecule has 2 heterocycles. The van der Waals surface area contributed by atoms with Crippen LogP contribution in [0.1, 0.15) is 34.3 Å². The molecule has 0 saturated carbocycles. The van der Waals surface area contributed by atoms with Gasteiger partial charge in [0.25, 0.3) is 0 Å². The van der Waals surface area contributed by atoms with Gasteiger partial charge in [-0.05, 0) is 32.1 Å². The molecule has 0 aliphatic heterocycles. The first-order chi connectivity index (χ1) is 11.5. The van der Waals surface area contributed by atoms with E-state index >= 15 is 0 Å². The molecule has 0 N–H and O–H groups in total. The molecule has 0 saturated heterocycles. The summed E-state index contributed by atoms with van der Waals surface area (Å²) in [5.41, 5.74) is 1.80. The summed E-state index contributed by atoms with van der Waals surface area (Å²) in [4.78, 5) is 16.1. The lowest BCUT2D eigenvalue weighted by Crippen LogP contribution is -2.05. The molecule has 0 aromatic carbocycles. The Kier molecular flexibility index (Phi) is 6.37. The van der Waals surface area contributed by atoms with Crippen LogP contribution in [0.3, 0.4) is 0 Å². The van der Waals surface area contributed by atoms with Crippen molar-refractivity contribution in [3.63, 3.8) is 0 Å². The van der Waals surface area contributed by atoms with Crippen LogP contribution in [0.25, 0.3) is 5.76 Å². The number of aromatic nitrogens is 1. The van der Waals surface area contributed by atoms with E-state index in [9.17, 15) is 4.79 Å². The zero-order valence-electron chi connectivity index (χ0n) is 13.5. The normalized spacial score (nSPS) is 11.2. The van der Waals surface area contributed by atoms with Crippen LogP contribution in [-0.2, 0) is 16.1 Å². The molecular weight excluding hydrogens is 374 g/mol. The Labute approximate surface area is 149 Å². The van der Waals surface area contributed by atoms with Crippen LogP contribution in [0.2, 0.25) is 0 Å². The third-order valence-corrected chi connectivity index (χ3v) is 3.38. The van der Waals surface area contributed by atoms with Gasteiger partial charge in [-0.25, -0.2) is 4.79 Å². The second-order valence-corrected chi connectivity index (χ2v) is 5.91. The molecule has 0 aliphatic rings. The molecule has 0 atom stereocenters. The molecule has 2 aromatic rings. The Morgan fingerprint density at radius 2 is 2.21 bits per heavy atom. The molecule has 0 amide bonds. The molecule has 0 spiro atoms. The van der Waals surface area contributed by atoms with Crippen LogP contribution in [0.5, 0.6) is 0 Å². The lowest BCUT2D eigenvalue weighted by Gasteiger charge is -2.09. The zero-order valence-corrected chi connectivity index (χ0v) is 15.1. The minimum Gasteiger partial charge on any atom is -0.483 e. The Morgan fingerprint density at radius 1 is 1.42 bits per heavy atom. The number of ether oxygens (including phenoxy) is 2. The van der Waals surface area contributed by atoms with Crippen molar-refractivity contribution in [3.05, 3.63) is 70.4 Å². The van der Waals surface area contributed by atoms with Gasteiger partial charge in [-0.15, -0.1) is 0 Å². The Hall–Kier alpha value is -2.34. The first-order valence-corrected chi connectivity index (χ1v) is 8.16. The Balaban J connectivity index is 2.26. The molecule has 6 heteroatoms. The van der Waals surface area contributed by atoms with E-state index in [0.717, 1.165) is 5.69 Å². The number of carbonyl (C=O) groups excluding carboxylic acids is 1. The number of hydrogen-bond donors (Lipinski definition) is 0. The molecule has 0 unspecified atom stereocenters. The number of halogens is 1. The number of furan rings is 1.